The fourth-order valence-electron chi connectivity index (χ4n) is 3.16. The van der Waals surface area contributed by atoms with Gasteiger partial charge in [0.1, 0.15) is 18.0 Å². The van der Waals surface area contributed by atoms with Crippen LogP contribution in [0.25, 0.3) is 0 Å². The average Bonchev–Trinajstić information content (AvgIpc) is 2.86. The number of nitro groups is 1. The number of carbonyl (C=O) groups excluding carboxylic acids is 1. The number of nitro benzene ring substituents is 1. The van der Waals surface area contributed by atoms with Crippen LogP contribution in [0.2, 0.25) is 0 Å². The Morgan fingerprint density at radius 2 is 1.88 bits per heavy atom. The Morgan fingerprint density at radius 3 is 2.53 bits per heavy atom. The summed E-state index contributed by atoms with van der Waals surface area (Å²) in [4.78, 5) is 25.9. The molecule has 2 N–H and O–H groups in total. The van der Waals surface area contributed by atoms with Crippen LogP contribution in [0, 0.1) is 10.1 Å². The summed E-state index contributed by atoms with van der Waals surface area (Å²) in [6.07, 6.45) is 3.40. The summed E-state index contributed by atoms with van der Waals surface area (Å²) < 4.78 is 38.6. The molecule has 0 aliphatic heterocycles. The lowest BCUT2D eigenvalue weighted by atomic mass is 10.2. The molecule has 0 saturated carbocycles. The minimum absolute atomic E-state index is 0.0182. The first-order valence-corrected chi connectivity index (χ1v) is 11.4. The van der Waals surface area contributed by atoms with Gasteiger partial charge in [-0.3, -0.25) is 19.2 Å². The monoisotopic (exact) mass is 487 g/mol. The van der Waals surface area contributed by atoms with E-state index in [1.807, 2.05) is 0 Å². The molecule has 1 amide bonds. The van der Waals surface area contributed by atoms with Crippen LogP contribution in [0.1, 0.15) is 5.56 Å². The number of benzene rings is 2. The van der Waals surface area contributed by atoms with Gasteiger partial charge in [-0.05, 0) is 24.3 Å². The topological polar surface area (TPSA) is 142 Å². The van der Waals surface area contributed by atoms with Crippen LogP contribution < -0.4 is 24.1 Å². The molecule has 11 nitrogen and oxygen atoms in total. The predicted molar refractivity (Wildman–Crippen MR) is 122 cm³/mol. The number of amides is 1. The molecule has 0 aliphatic rings. The van der Waals surface area contributed by atoms with E-state index in [4.69, 9.17) is 9.47 Å². The summed E-state index contributed by atoms with van der Waals surface area (Å²) in [6.45, 7) is -0.497. The molecule has 0 radical (unpaired) electrons. The minimum Gasteiger partial charge on any atom is -0.497 e. The number of aromatic amines is 1. The molecule has 0 unspecified atom stereocenters. The number of ether oxygens (including phenoxy) is 2. The van der Waals surface area contributed by atoms with E-state index in [9.17, 15) is 23.3 Å². The number of H-pyrrole nitrogens is 1. The molecule has 0 bridgehead atoms. The fourth-order valence-corrected chi connectivity index (χ4v) is 4.75. The summed E-state index contributed by atoms with van der Waals surface area (Å²) >= 11 is 0. The van der Waals surface area contributed by atoms with Gasteiger partial charge in [-0.2, -0.15) is 0 Å². The summed E-state index contributed by atoms with van der Waals surface area (Å²) in [5.41, 5.74) is 0.177. The number of para-hydroxylation sites is 1. The van der Waals surface area contributed by atoms with E-state index in [-0.39, 0.29) is 18.0 Å². The Labute approximate surface area is 196 Å². The molecule has 12 heteroatoms. The number of carbonyl (C=O) groups is 1. The number of pyridine rings is 1. The molecule has 0 aliphatic carbocycles. The molecule has 3 aromatic rings. The first-order chi connectivity index (χ1) is 16.3. The molecule has 0 spiro atoms. The predicted octanol–water partition coefficient (Wildman–Crippen LogP) is 1.94. The smallest absolute Gasteiger partial charge is 0.289 e. The lowest BCUT2D eigenvalue weighted by Gasteiger charge is -2.25. The molecule has 178 valence electrons. The number of nitrogens with zero attached hydrogens (tertiary/aromatic N) is 2. The zero-order chi connectivity index (χ0) is 24.7. The number of sulfonamides is 1. The molecule has 2 aromatic carbocycles. The second kappa shape index (κ2) is 10.6. The van der Waals surface area contributed by atoms with Crippen molar-refractivity contribution >= 4 is 27.3 Å². The van der Waals surface area contributed by atoms with E-state index >= 15 is 0 Å². The van der Waals surface area contributed by atoms with Crippen LogP contribution >= 0.6 is 0 Å². The molecule has 1 heterocycles. The highest BCUT2D eigenvalue weighted by molar-refractivity contribution is 7.93. The second-order valence-corrected chi connectivity index (χ2v) is 8.79. The third-order valence-corrected chi connectivity index (χ3v) is 6.64. The van der Waals surface area contributed by atoms with E-state index in [0.717, 1.165) is 22.0 Å². The van der Waals surface area contributed by atoms with Crippen LogP contribution in [0.15, 0.2) is 71.9 Å². The summed E-state index contributed by atoms with van der Waals surface area (Å²) in [6, 6.07) is 12.8. The van der Waals surface area contributed by atoms with E-state index in [0.29, 0.717) is 5.75 Å². The van der Waals surface area contributed by atoms with Crippen LogP contribution in [-0.4, -0.2) is 40.0 Å². The lowest BCUT2D eigenvalue weighted by Crippen LogP contribution is -2.41. The van der Waals surface area contributed by atoms with Crippen molar-refractivity contribution in [3.05, 3.63) is 82.7 Å². The Hall–Kier alpha value is -4.19. The number of aromatic nitrogens is 1. The van der Waals surface area contributed by atoms with Crippen LogP contribution in [0.4, 0.5) is 11.4 Å². The Kier molecular flexibility index (Phi) is 7.64. The maximum absolute atomic E-state index is 13.6. The third kappa shape index (κ3) is 5.41. The van der Waals surface area contributed by atoms with Gasteiger partial charge in [0.05, 0.1) is 24.8 Å². The summed E-state index contributed by atoms with van der Waals surface area (Å²) in [7, 11) is -1.79. The van der Waals surface area contributed by atoms with Crippen LogP contribution in [-0.2, 0) is 21.4 Å². The van der Waals surface area contributed by atoms with Gasteiger partial charge in [-0.25, -0.2) is 13.4 Å². The van der Waals surface area contributed by atoms with Gasteiger partial charge in [0.2, 0.25) is 5.91 Å². The molecule has 3 rings (SSSR count). The number of nitrogens with one attached hydrogen (secondary N) is 2. The first kappa shape index (κ1) is 24.5. The SMILES string of the molecule is COc1ccc(N(CC(=O)NCc2ccc[nH+]c2)S(=O)(=O)c2ccccc2[N+](=O)[O-])c(OC)c1. The highest BCUT2D eigenvalue weighted by Crippen LogP contribution is 2.37. The molecular formula is C22H23N4O7S+. The number of rotatable bonds is 10. The summed E-state index contributed by atoms with van der Waals surface area (Å²) in [5, 5.41) is 14.2. The Balaban J connectivity index is 2.04. The maximum Gasteiger partial charge on any atom is 0.289 e. The van der Waals surface area contributed by atoms with Crippen LogP contribution in [0.3, 0.4) is 0 Å². The van der Waals surface area contributed by atoms with E-state index in [2.05, 4.69) is 10.3 Å². The molecule has 34 heavy (non-hydrogen) atoms. The van der Waals surface area contributed by atoms with Gasteiger partial charge < -0.3 is 14.8 Å². The molecule has 1 aromatic heterocycles. The second-order valence-electron chi connectivity index (χ2n) is 6.96. The fraction of sp³-hybridized carbons (Fsp3) is 0.182. The Morgan fingerprint density at radius 1 is 1.12 bits per heavy atom. The zero-order valence-corrected chi connectivity index (χ0v) is 19.2. The van der Waals surface area contributed by atoms with Crippen molar-refractivity contribution in [3.63, 3.8) is 0 Å². The standard InChI is InChI=1S/C22H22N4O7S/c1-32-17-9-10-18(20(12-17)33-2)25(15-22(27)24-14-16-6-5-11-23-13-16)34(30,31)21-8-4-3-7-19(21)26(28)29/h3-13H,14-15H2,1-2H3,(H,24,27)/p+1. The van der Waals surface area contributed by atoms with E-state index in [1.165, 1.54) is 44.6 Å². The lowest BCUT2D eigenvalue weighted by molar-refractivity contribution is -0.387. The van der Waals surface area contributed by atoms with Gasteiger partial charge in [0.25, 0.3) is 15.7 Å². The highest BCUT2D eigenvalue weighted by Gasteiger charge is 2.34. The molecular weight excluding hydrogens is 464 g/mol. The quantitative estimate of drug-likeness (QED) is 0.340. The maximum atomic E-state index is 13.6. The van der Waals surface area contributed by atoms with Crippen molar-refractivity contribution in [2.24, 2.45) is 0 Å². The zero-order valence-electron chi connectivity index (χ0n) is 18.4. The average molecular weight is 488 g/mol. The number of methoxy groups -OCH3 is 2. The van der Waals surface area contributed by atoms with Gasteiger partial charge in [-0.1, -0.05) is 12.1 Å². The van der Waals surface area contributed by atoms with Crippen molar-refractivity contribution in [2.45, 2.75) is 11.4 Å². The number of hydrogen-bond acceptors (Lipinski definition) is 7. The molecule has 0 saturated heterocycles. The van der Waals surface area contributed by atoms with Gasteiger partial charge in [0.15, 0.2) is 17.3 Å². The van der Waals surface area contributed by atoms with Crippen molar-refractivity contribution < 1.29 is 32.6 Å². The first-order valence-electron chi connectivity index (χ1n) is 9.97. The highest BCUT2D eigenvalue weighted by atomic mass is 32.2. The van der Waals surface area contributed by atoms with Gasteiger partial charge in [-0.15, -0.1) is 0 Å². The van der Waals surface area contributed by atoms with Crippen molar-refractivity contribution in [1.82, 2.24) is 5.32 Å². The number of hydrogen-bond donors (Lipinski definition) is 1. The molecule has 0 atom stereocenters. The number of anilines is 1. The van der Waals surface area contributed by atoms with Crippen molar-refractivity contribution in [1.29, 1.82) is 0 Å². The van der Waals surface area contributed by atoms with E-state index in [1.54, 1.807) is 24.5 Å². The minimum atomic E-state index is -4.56. The summed E-state index contributed by atoms with van der Waals surface area (Å²) in [5.74, 6) is -0.121. The third-order valence-electron chi connectivity index (χ3n) is 4.83. The largest absolute Gasteiger partial charge is 0.497 e. The van der Waals surface area contributed by atoms with Crippen molar-refractivity contribution in [3.8, 4) is 11.5 Å². The van der Waals surface area contributed by atoms with Crippen molar-refractivity contribution in [2.75, 3.05) is 25.1 Å². The molecule has 0 fully saturated rings. The van der Waals surface area contributed by atoms with Crippen LogP contribution in [0.5, 0.6) is 11.5 Å². The Bertz CT molecular complexity index is 1280. The van der Waals surface area contributed by atoms with Gasteiger partial charge >= 0.3 is 0 Å². The normalized spacial score (nSPS) is 10.9. The van der Waals surface area contributed by atoms with Gasteiger partial charge in [0, 0.05) is 30.3 Å². The van der Waals surface area contributed by atoms with E-state index < -0.39 is 38.0 Å².